The Balaban J connectivity index is 1.92. The summed E-state index contributed by atoms with van der Waals surface area (Å²) in [6.07, 6.45) is 0. The van der Waals surface area contributed by atoms with Crippen LogP contribution in [0.3, 0.4) is 0 Å². The van der Waals surface area contributed by atoms with E-state index in [2.05, 4.69) is 14.8 Å². The first-order chi connectivity index (χ1) is 17.5. The molecule has 0 bridgehead atoms. The zero-order chi connectivity index (χ0) is 27.2. The lowest BCUT2D eigenvalue weighted by atomic mass is 10.1. The summed E-state index contributed by atoms with van der Waals surface area (Å²) in [5.74, 6) is -2.79. The predicted octanol–water partition coefficient (Wildman–Crippen LogP) is 3.88. The smallest absolute Gasteiger partial charge is 0.337 e. The zero-order valence-corrected chi connectivity index (χ0v) is 21.3. The van der Waals surface area contributed by atoms with Gasteiger partial charge in [-0.2, -0.15) is 4.31 Å². The molecule has 0 heterocycles. The van der Waals surface area contributed by atoms with Gasteiger partial charge in [-0.15, -0.1) is 0 Å². The van der Waals surface area contributed by atoms with Gasteiger partial charge >= 0.3 is 11.9 Å². The maximum absolute atomic E-state index is 13.4. The lowest BCUT2D eigenvalue weighted by Crippen LogP contribution is -2.37. The van der Waals surface area contributed by atoms with Gasteiger partial charge in [0.25, 0.3) is 0 Å². The highest BCUT2D eigenvalue weighted by Crippen LogP contribution is 2.22. The molecule has 12 heteroatoms. The number of esters is 2. The quantitative estimate of drug-likeness (QED) is 0.403. The average molecular weight is 549 g/mol. The third-order valence-corrected chi connectivity index (χ3v) is 7.16. The normalized spacial score (nSPS) is 11.2. The fraction of sp³-hybridized carbons (Fsp3) is 0.160. The molecular formula is C25H22ClFN2O7S. The minimum Gasteiger partial charge on any atom is -0.465 e. The molecular weight excluding hydrogens is 527 g/mol. The van der Waals surface area contributed by atoms with Gasteiger partial charge in [-0.1, -0.05) is 23.7 Å². The highest BCUT2D eigenvalue weighted by Gasteiger charge is 2.27. The molecule has 0 aromatic heterocycles. The monoisotopic (exact) mass is 548 g/mol. The van der Waals surface area contributed by atoms with Crippen molar-refractivity contribution in [3.63, 3.8) is 0 Å². The number of amides is 1. The van der Waals surface area contributed by atoms with E-state index in [1.165, 1.54) is 66.7 Å². The number of hydrogen-bond donors (Lipinski definition) is 1. The zero-order valence-electron chi connectivity index (χ0n) is 19.7. The summed E-state index contributed by atoms with van der Waals surface area (Å²) < 4.78 is 50.4. The van der Waals surface area contributed by atoms with E-state index >= 15 is 0 Å². The summed E-state index contributed by atoms with van der Waals surface area (Å²) in [6.45, 7) is -0.882. The van der Waals surface area contributed by atoms with E-state index in [0.29, 0.717) is 10.6 Å². The number of methoxy groups -OCH3 is 2. The maximum Gasteiger partial charge on any atom is 0.337 e. The van der Waals surface area contributed by atoms with Gasteiger partial charge in [0.05, 0.1) is 36.8 Å². The molecule has 0 unspecified atom stereocenters. The van der Waals surface area contributed by atoms with E-state index in [-0.39, 0.29) is 28.3 Å². The Hall–Kier alpha value is -3.80. The van der Waals surface area contributed by atoms with Crippen molar-refractivity contribution >= 4 is 45.2 Å². The first kappa shape index (κ1) is 27.8. The van der Waals surface area contributed by atoms with Gasteiger partial charge in [0.2, 0.25) is 15.9 Å². The standard InChI is InChI=1S/C25H22ClFN2O7S/c1-35-24(31)17-11-18(25(32)36-2)13-21(12-17)28-23(30)15-29(14-16-3-7-20(27)8-4-16)37(33,34)22-9-5-19(26)6-10-22/h3-13H,14-15H2,1-2H3,(H,28,30). The SMILES string of the molecule is COC(=O)c1cc(NC(=O)CN(Cc2ccc(F)cc2)S(=O)(=O)c2ccc(Cl)cc2)cc(C(=O)OC)c1. The predicted molar refractivity (Wildman–Crippen MR) is 133 cm³/mol. The number of benzene rings is 3. The van der Waals surface area contributed by atoms with Gasteiger partial charge in [0.15, 0.2) is 0 Å². The molecule has 0 spiro atoms. The van der Waals surface area contributed by atoms with Crippen molar-refractivity contribution in [3.05, 3.63) is 94.3 Å². The third-order valence-electron chi connectivity index (χ3n) is 5.10. The van der Waals surface area contributed by atoms with Crippen LogP contribution in [0.25, 0.3) is 0 Å². The molecule has 3 aromatic carbocycles. The molecule has 0 radical (unpaired) electrons. The summed E-state index contributed by atoms with van der Waals surface area (Å²) >= 11 is 5.88. The number of sulfonamides is 1. The van der Waals surface area contributed by atoms with Crippen LogP contribution in [0.4, 0.5) is 10.1 Å². The molecule has 0 atom stereocenters. The van der Waals surface area contributed by atoms with Gasteiger partial charge in [-0.05, 0) is 60.2 Å². The number of halogens is 2. The molecule has 194 valence electrons. The van der Waals surface area contributed by atoms with Crippen molar-refractivity contribution in [1.82, 2.24) is 4.31 Å². The Labute approximate surface area is 217 Å². The van der Waals surface area contributed by atoms with Crippen molar-refractivity contribution in [2.24, 2.45) is 0 Å². The van der Waals surface area contributed by atoms with Gasteiger partial charge in [0.1, 0.15) is 5.82 Å². The lowest BCUT2D eigenvalue weighted by molar-refractivity contribution is -0.116. The minimum absolute atomic E-state index is 0.0299. The summed E-state index contributed by atoms with van der Waals surface area (Å²) in [6, 6.07) is 14.3. The largest absolute Gasteiger partial charge is 0.465 e. The second kappa shape index (κ2) is 12.0. The average Bonchev–Trinajstić information content (AvgIpc) is 2.88. The van der Waals surface area contributed by atoms with Crippen LogP contribution < -0.4 is 5.32 Å². The first-order valence-corrected chi connectivity index (χ1v) is 12.5. The van der Waals surface area contributed by atoms with Crippen LogP contribution in [0.2, 0.25) is 5.02 Å². The Kier molecular flexibility index (Phi) is 8.98. The van der Waals surface area contributed by atoms with Gasteiger partial charge in [0, 0.05) is 17.3 Å². The van der Waals surface area contributed by atoms with Crippen molar-refractivity contribution in [1.29, 1.82) is 0 Å². The summed E-state index contributed by atoms with van der Waals surface area (Å²) in [5.41, 5.74) is 0.418. The molecule has 0 aliphatic heterocycles. The second-order valence-corrected chi connectivity index (χ2v) is 10.1. The van der Waals surface area contributed by atoms with Crippen LogP contribution in [0, 0.1) is 5.82 Å². The molecule has 0 aliphatic carbocycles. The highest BCUT2D eigenvalue weighted by molar-refractivity contribution is 7.89. The van der Waals surface area contributed by atoms with Crippen LogP contribution in [0.5, 0.6) is 0 Å². The number of hydrogen-bond acceptors (Lipinski definition) is 7. The van der Waals surface area contributed by atoms with E-state index in [9.17, 15) is 27.2 Å². The fourth-order valence-corrected chi connectivity index (χ4v) is 4.82. The second-order valence-electron chi connectivity index (χ2n) is 7.68. The Morgan fingerprint density at radius 1 is 0.892 bits per heavy atom. The molecule has 1 N–H and O–H groups in total. The Bertz CT molecular complexity index is 1380. The number of ether oxygens (including phenoxy) is 2. The van der Waals surface area contributed by atoms with Crippen LogP contribution in [0.15, 0.2) is 71.6 Å². The lowest BCUT2D eigenvalue weighted by Gasteiger charge is -2.22. The van der Waals surface area contributed by atoms with E-state index in [1.807, 2.05) is 0 Å². The van der Waals surface area contributed by atoms with Crippen LogP contribution >= 0.6 is 11.6 Å². The molecule has 37 heavy (non-hydrogen) atoms. The van der Waals surface area contributed by atoms with E-state index in [4.69, 9.17) is 11.6 Å². The first-order valence-electron chi connectivity index (χ1n) is 10.6. The Morgan fingerprint density at radius 3 is 1.95 bits per heavy atom. The molecule has 0 saturated carbocycles. The summed E-state index contributed by atoms with van der Waals surface area (Å²) in [4.78, 5) is 36.9. The van der Waals surface area contributed by atoms with Gasteiger partial charge < -0.3 is 14.8 Å². The number of anilines is 1. The van der Waals surface area contributed by atoms with Crippen molar-refractivity contribution in [3.8, 4) is 0 Å². The number of carbonyl (C=O) groups is 3. The highest BCUT2D eigenvalue weighted by atomic mass is 35.5. The van der Waals surface area contributed by atoms with Gasteiger partial charge in [-0.25, -0.2) is 22.4 Å². The van der Waals surface area contributed by atoms with Crippen molar-refractivity contribution < 1.29 is 36.7 Å². The van der Waals surface area contributed by atoms with Crippen LogP contribution in [-0.4, -0.2) is 51.3 Å². The minimum atomic E-state index is -4.19. The maximum atomic E-state index is 13.4. The molecule has 3 rings (SSSR count). The number of rotatable bonds is 9. The van der Waals surface area contributed by atoms with Crippen LogP contribution in [-0.2, 0) is 30.8 Å². The third kappa shape index (κ3) is 7.13. The number of nitrogens with zero attached hydrogens (tertiary/aromatic N) is 1. The van der Waals surface area contributed by atoms with Gasteiger partial charge in [-0.3, -0.25) is 4.79 Å². The molecule has 0 fully saturated rings. The topological polar surface area (TPSA) is 119 Å². The number of nitrogens with one attached hydrogen (secondary N) is 1. The van der Waals surface area contributed by atoms with E-state index < -0.39 is 40.2 Å². The molecule has 9 nitrogen and oxygen atoms in total. The molecule has 0 saturated heterocycles. The number of carbonyl (C=O) groups excluding carboxylic acids is 3. The Morgan fingerprint density at radius 2 is 1.43 bits per heavy atom. The molecule has 0 aliphatic rings. The van der Waals surface area contributed by atoms with E-state index in [0.717, 1.165) is 18.5 Å². The summed E-state index contributed by atoms with van der Waals surface area (Å²) in [7, 11) is -1.89. The molecule has 3 aromatic rings. The van der Waals surface area contributed by atoms with Crippen molar-refractivity contribution in [2.75, 3.05) is 26.1 Å². The molecule has 1 amide bonds. The summed E-state index contributed by atoms with van der Waals surface area (Å²) in [5, 5.41) is 2.82. The van der Waals surface area contributed by atoms with E-state index in [1.54, 1.807) is 0 Å². The van der Waals surface area contributed by atoms with Crippen LogP contribution in [0.1, 0.15) is 26.3 Å². The fourth-order valence-electron chi connectivity index (χ4n) is 3.31. The van der Waals surface area contributed by atoms with Crippen molar-refractivity contribution in [2.45, 2.75) is 11.4 Å².